The zero-order valence-electron chi connectivity index (χ0n) is 9.35. The summed E-state index contributed by atoms with van der Waals surface area (Å²) in [5.41, 5.74) is 1.16. The van der Waals surface area contributed by atoms with E-state index in [1.165, 1.54) is 0 Å². The molecule has 6 heteroatoms. The van der Waals surface area contributed by atoms with Gasteiger partial charge < -0.3 is 9.05 Å². The lowest BCUT2D eigenvalue weighted by molar-refractivity contribution is 0.205. The molecule has 0 saturated carbocycles. The van der Waals surface area contributed by atoms with Crippen LogP contribution in [0, 0.1) is 6.92 Å². The Hall–Kier alpha value is -0.770. The molecule has 1 heterocycles. The molecule has 1 unspecified atom stereocenters. The number of rotatable bonds is 6. The number of aryl methyl sites for hydroxylation is 1. The van der Waals surface area contributed by atoms with Crippen LogP contribution in [0.15, 0.2) is 18.3 Å². The molecule has 1 aromatic heterocycles. The highest BCUT2D eigenvalue weighted by atomic mass is 31.2. The van der Waals surface area contributed by atoms with Gasteiger partial charge in [-0.3, -0.25) is 4.57 Å². The van der Waals surface area contributed by atoms with Crippen molar-refractivity contribution in [2.45, 2.75) is 13.8 Å². The summed E-state index contributed by atoms with van der Waals surface area (Å²) in [6.07, 6.45) is 1.57. The van der Waals surface area contributed by atoms with Crippen molar-refractivity contribution in [2.24, 2.45) is 0 Å². The lowest BCUT2D eigenvalue weighted by Gasteiger charge is -2.16. The molecule has 0 N–H and O–H groups in total. The number of aromatic nitrogens is 1. The van der Waals surface area contributed by atoms with Gasteiger partial charge in [0.05, 0.1) is 13.2 Å². The van der Waals surface area contributed by atoms with Gasteiger partial charge in [0, 0.05) is 6.20 Å². The fourth-order valence-electron chi connectivity index (χ4n) is 1.12. The molecule has 0 amide bonds. The summed E-state index contributed by atoms with van der Waals surface area (Å²) in [7, 11) is -3.46. The Labute approximate surface area is 94.3 Å². The quantitative estimate of drug-likeness (QED) is 0.723. The van der Waals surface area contributed by atoms with Gasteiger partial charge in [0.1, 0.15) is 6.67 Å². The van der Waals surface area contributed by atoms with E-state index in [2.05, 4.69) is 4.98 Å². The first kappa shape index (κ1) is 13.3. The van der Waals surface area contributed by atoms with Crippen LogP contribution in [-0.2, 0) is 13.6 Å². The summed E-state index contributed by atoms with van der Waals surface area (Å²) < 4.78 is 34.2. The van der Waals surface area contributed by atoms with Crippen LogP contribution >= 0.6 is 7.60 Å². The molecule has 90 valence electrons. The van der Waals surface area contributed by atoms with E-state index in [-0.39, 0.29) is 18.6 Å². The number of nitrogens with zero attached hydrogens (tertiary/aromatic N) is 1. The van der Waals surface area contributed by atoms with Gasteiger partial charge in [-0.2, -0.15) is 0 Å². The minimum absolute atomic E-state index is 0.216. The molecule has 0 aliphatic rings. The molecule has 16 heavy (non-hydrogen) atoms. The number of alkyl halides is 1. The molecule has 0 saturated heterocycles. The molecule has 4 nitrogen and oxygen atoms in total. The first-order chi connectivity index (χ1) is 7.62. The zero-order valence-corrected chi connectivity index (χ0v) is 10.2. The van der Waals surface area contributed by atoms with Crippen molar-refractivity contribution >= 4 is 13.0 Å². The van der Waals surface area contributed by atoms with Gasteiger partial charge in [-0.15, -0.1) is 0 Å². The molecular weight excluding hydrogens is 232 g/mol. The molecule has 1 rings (SSSR count). The van der Waals surface area contributed by atoms with Gasteiger partial charge in [0.15, 0.2) is 5.44 Å². The fraction of sp³-hybridized carbons (Fsp3) is 0.500. The Bertz CT molecular complexity index is 369. The Kier molecular flexibility index (Phi) is 5.06. The van der Waals surface area contributed by atoms with Gasteiger partial charge in [-0.25, -0.2) is 9.37 Å². The van der Waals surface area contributed by atoms with Crippen LogP contribution in [0.4, 0.5) is 4.39 Å². The Morgan fingerprint density at radius 2 is 2.19 bits per heavy atom. The van der Waals surface area contributed by atoms with Crippen molar-refractivity contribution in [3.8, 4) is 0 Å². The molecule has 1 atom stereocenters. The van der Waals surface area contributed by atoms with Crippen LogP contribution in [0.3, 0.4) is 0 Å². The second-order valence-corrected chi connectivity index (χ2v) is 5.10. The molecular formula is C10H15FNO3P. The van der Waals surface area contributed by atoms with E-state index >= 15 is 0 Å². The highest BCUT2D eigenvalue weighted by molar-refractivity contribution is 7.61. The van der Waals surface area contributed by atoms with Gasteiger partial charge in [-0.1, -0.05) is 6.07 Å². The molecule has 0 radical (unpaired) electrons. The average Bonchev–Trinajstić information content (AvgIpc) is 2.27. The van der Waals surface area contributed by atoms with Crippen LogP contribution < -0.4 is 5.44 Å². The fourth-order valence-corrected chi connectivity index (χ4v) is 2.56. The predicted octanol–water partition coefficient (Wildman–Crippen LogP) is 2.23. The number of hydrogen-bond acceptors (Lipinski definition) is 4. The largest absolute Gasteiger partial charge is 0.379 e. The highest BCUT2D eigenvalue weighted by Crippen LogP contribution is 2.45. The van der Waals surface area contributed by atoms with Crippen molar-refractivity contribution in [3.63, 3.8) is 0 Å². The maximum atomic E-state index is 12.2. The Balaban J connectivity index is 2.91. The number of hydrogen-bond donors (Lipinski definition) is 0. The van der Waals surface area contributed by atoms with E-state index in [9.17, 15) is 8.96 Å². The molecule has 0 aliphatic carbocycles. The molecule has 0 aliphatic heterocycles. The van der Waals surface area contributed by atoms with E-state index in [1.807, 2.05) is 6.92 Å². The van der Waals surface area contributed by atoms with E-state index in [1.54, 1.807) is 25.3 Å². The number of halogens is 1. The van der Waals surface area contributed by atoms with Crippen molar-refractivity contribution in [3.05, 3.63) is 23.9 Å². The molecule has 0 aromatic carbocycles. The molecule has 0 fully saturated rings. The van der Waals surface area contributed by atoms with Gasteiger partial charge in [0.2, 0.25) is 0 Å². The van der Waals surface area contributed by atoms with E-state index in [4.69, 9.17) is 9.05 Å². The standard InChI is InChI=1S/C10H15FNO3P/c1-3-14-16(13,15-7-6-11)10-5-4-9(2)8-12-10/h4-5,8H,3,6-7H2,1-2H3. The van der Waals surface area contributed by atoms with Crippen LogP contribution in [-0.4, -0.2) is 24.9 Å². The maximum Gasteiger partial charge on any atom is 0.379 e. The van der Waals surface area contributed by atoms with Crippen molar-refractivity contribution in [1.82, 2.24) is 4.98 Å². The Morgan fingerprint density at radius 3 is 2.69 bits per heavy atom. The minimum atomic E-state index is -3.46. The van der Waals surface area contributed by atoms with E-state index < -0.39 is 14.3 Å². The lowest BCUT2D eigenvalue weighted by atomic mass is 10.3. The second-order valence-electron chi connectivity index (χ2n) is 3.13. The molecule has 0 spiro atoms. The van der Waals surface area contributed by atoms with E-state index in [0.29, 0.717) is 0 Å². The summed E-state index contributed by atoms with van der Waals surface area (Å²) in [5, 5.41) is 0. The van der Waals surface area contributed by atoms with E-state index in [0.717, 1.165) is 5.56 Å². The van der Waals surface area contributed by atoms with Crippen molar-refractivity contribution < 1.29 is 18.0 Å². The third-order valence-electron chi connectivity index (χ3n) is 1.81. The van der Waals surface area contributed by atoms with Crippen molar-refractivity contribution in [2.75, 3.05) is 19.9 Å². The second kappa shape index (κ2) is 6.09. The SMILES string of the molecule is CCOP(=O)(OCCF)c1ccc(C)cn1. The molecule has 0 bridgehead atoms. The number of pyridine rings is 1. The van der Waals surface area contributed by atoms with Crippen LogP contribution in [0.5, 0.6) is 0 Å². The lowest BCUT2D eigenvalue weighted by Crippen LogP contribution is -2.15. The van der Waals surface area contributed by atoms with Crippen LogP contribution in [0.1, 0.15) is 12.5 Å². The van der Waals surface area contributed by atoms with Crippen LogP contribution in [0.25, 0.3) is 0 Å². The smallest absolute Gasteiger partial charge is 0.304 e. The predicted molar refractivity (Wildman–Crippen MR) is 59.8 cm³/mol. The molecule has 1 aromatic rings. The van der Waals surface area contributed by atoms with Crippen LogP contribution in [0.2, 0.25) is 0 Å². The monoisotopic (exact) mass is 247 g/mol. The maximum absolute atomic E-state index is 12.2. The average molecular weight is 247 g/mol. The van der Waals surface area contributed by atoms with Crippen molar-refractivity contribution in [1.29, 1.82) is 0 Å². The van der Waals surface area contributed by atoms with Gasteiger partial charge >= 0.3 is 7.60 Å². The third kappa shape index (κ3) is 3.37. The topological polar surface area (TPSA) is 48.4 Å². The third-order valence-corrected chi connectivity index (χ3v) is 3.76. The summed E-state index contributed by atoms with van der Waals surface area (Å²) in [4.78, 5) is 3.99. The first-order valence-corrected chi connectivity index (χ1v) is 6.55. The Morgan fingerprint density at radius 1 is 1.44 bits per heavy atom. The highest BCUT2D eigenvalue weighted by Gasteiger charge is 2.28. The minimum Gasteiger partial charge on any atom is -0.304 e. The first-order valence-electron chi connectivity index (χ1n) is 5.00. The summed E-state index contributed by atoms with van der Waals surface area (Å²) in [5.74, 6) is 0. The summed E-state index contributed by atoms with van der Waals surface area (Å²) in [6.45, 7) is 2.82. The summed E-state index contributed by atoms with van der Waals surface area (Å²) >= 11 is 0. The summed E-state index contributed by atoms with van der Waals surface area (Å²) in [6, 6.07) is 3.33. The van der Waals surface area contributed by atoms with Gasteiger partial charge in [0.25, 0.3) is 0 Å². The normalized spacial score (nSPS) is 14.7. The van der Waals surface area contributed by atoms with Gasteiger partial charge in [-0.05, 0) is 25.5 Å². The zero-order chi connectivity index (χ0) is 12.0.